The summed E-state index contributed by atoms with van der Waals surface area (Å²) in [5, 5.41) is 10.9. The molecule has 4 heterocycles. The maximum atomic E-state index is 12.4. The minimum atomic E-state index is -0.407. The number of benzene rings is 2. The van der Waals surface area contributed by atoms with E-state index in [1.807, 2.05) is 53.4 Å². The molecule has 2 aromatic heterocycles. The Morgan fingerprint density at radius 2 is 1.67 bits per heavy atom. The van der Waals surface area contributed by atoms with Crippen molar-refractivity contribution in [1.29, 1.82) is 0 Å². The molecule has 0 fully saturated rings. The third kappa shape index (κ3) is 3.14. The lowest BCUT2D eigenvalue weighted by Crippen LogP contribution is -2.31. The molecule has 0 unspecified atom stereocenters. The van der Waals surface area contributed by atoms with Crippen molar-refractivity contribution in [2.24, 2.45) is 4.99 Å². The fraction of sp³-hybridized carbons (Fsp3) is 0.148. The number of aromatic hydroxyl groups is 1. The number of fused-ring (bicyclic) bond motifs is 3. The zero-order valence-electron chi connectivity index (χ0n) is 17.9. The Bertz CT molecular complexity index is 1410. The van der Waals surface area contributed by atoms with Gasteiger partial charge in [-0.2, -0.15) is 0 Å². The molecule has 2 aromatic carbocycles. The molecule has 6 heteroatoms. The molecule has 2 aliphatic rings. The van der Waals surface area contributed by atoms with Gasteiger partial charge in [0.15, 0.2) is 11.6 Å². The summed E-state index contributed by atoms with van der Waals surface area (Å²) in [5.41, 5.74) is 4.34. The van der Waals surface area contributed by atoms with Crippen LogP contribution in [0.15, 0.2) is 95.0 Å². The van der Waals surface area contributed by atoms with Crippen LogP contribution in [0.2, 0.25) is 0 Å². The number of hydrogen-bond acceptors (Lipinski definition) is 4. The van der Waals surface area contributed by atoms with E-state index in [2.05, 4.69) is 44.9 Å². The van der Waals surface area contributed by atoms with Crippen molar-refractivity contribution in [3.8, 4) is 17.3 Å². The summed E-state index contributed by atoms with van der Waals surface area (Å²) in [6.45, 7) is 1.29. The summed E-state index contributed by atoms with van der Waals surface area (Å²) in [6.07, 6.45) is 7.52. The number of allylic oxidation sites excluding steroid dienone is 1. The first-order valence-electron chi connectivity index (χ1n) is 11.0. The topological polar surface area (TPSA) is 72.4 Å². The van der Waals surface area contributed by atoms with Gasteiger partial charge in [0.05, 0.1) is 24.5 Å². The molecule has 4 aromatic rings. The van der Waals surface area contributed by atoms with E-state index < -0.39 is 5.43 Å². The van der Waals surface area contributed by atoms with Crippen LogP contribution in [0, 0.1) is 0 Å². The first-order chi connectivity index (χ1) is 16.2. The van der Waals surface area contributed by atoms with Crippen LogP contribution in [0.1, 0.15) is 28.8 Å². The van der Waals surface area contributed by atoms with Gasteiger partial charge in [-0.15, -0.1) is 0 Å². The van der Waals surface area contributed by atoms with Crippen molar-refractivity contribution >= 4 is 11.8 Å². The summed E-state index contributed by atoms with van der Waals surface area (Å²) in [6, 6.07) is 22.1. The van der Waals surface area contributed by atoms with Crippen molar-refractivity contribution in [2.45, 2.75) is 18.5 Å². The van der Waals surface area contributed by atoms with Gasteiger partial charge in [-0.05, 0) is 11.1 Å². The Hall–Kier alpha value is -4.19. The third-order valence-corrected chi connectivity index (χ3v) is 6.54. The van der Waals surface area contributed by atoms with E-state index in [0.29, 0.717) is 24.6 Å². The second-order valence-corrected chi connectivity index (χ2v) is 8.38. The summed E-state index contributed by atoms with van der Waals surface area (Å²) in [7, 11) is 0. The van der Waals surface area contributed by atoms with E-state index in [1.165, 1.54) is 17.2 Å². The molecule has 0 saturated heterocycles. The fourth-order valence-electron chi connectivity index (χ4n) is 5.04. The highest BCUT2D eigenvalue weighted by Gasteiger charge is 2.35. The molecule has 162 valence electrons. The summed E-state index contributed by atoms with van der Waals surface area (Å²) >= 11 is 0. The molecule has 6 rings (SSSR count). The molecule has 0 aliphatic carbocycles. The van der Waals surface area contributed by atoms with Gasteiger partial charge in [0.2, 0.25) is 5.43 Å². The standard InChI is InChI=1S/C27H22N4O2/c32-23-12-14-30-22(24(18-7-3-1-4-8-18)19-9-5-2-6-10-19)17-31-21(20-11-13-28-15-20)16-29-27(31)25(30)26(23)33/h1-12,14-16,22,24,33H,13,17H2/t22-/m1/s1. The Morgan fingerprint density at radius 3 is 2.30 bits per heavy atom. The molecule has 0 amide bonds. The molecule has 0 spiro atoms. The molecule has 0 bridgehead atoms. The highest BCUT2D eigenvalue weighted by atomic mass is 16.3. The summed E-state index contributed by atoms with van der Waals surface area (Å²) in [5.74, 6) is 0.328. The monoisotopic (exact) mass is 434 g/mol. The zero-order chi connectivity index (χ0) is 22.4. The second-order valence-electron chi connectivity index (χ2n) is 8.38. The number of nitrogens with zero attached hydrogens (tertiary/aromatic N) is 4. The third-order valence-electron chi connectivity index (χ3n) is 6.54. The van der Waals surface area contributed by atoms with E-state index in [4.69, 9.17) is 0 Å². The van der Waals surface area contributed by atoms with E-state index in [-0.39, 0.29) is 17.7 Å². The Morgan fingerprint density at radius 1 is 0.970 bits per heavy atom. The summed E-state index contributed by atoms with van der Waals surface area (Å²) in [4.78, 5) is 21.4. The first kappa shape index (κ1) is 19.5. The molecule has 1 N–H and O–H groups in total. The average molecular weight is 434 g/mol. The normalized spacial score (nSPS) is 16.5. The van der Waals surface area contributed by atoms with Gasteiger partial charge in [0.1, 0.15) is 5.69 Å². The lowest BCUT2D eigenvalue weighted by atomic mass is 9.83. The van der Waals surface area contributed by atoms with Crippen LogP contribution in [0.25, 0.3) is 17.1 Å². The van der Waals surface area contributed by atoms with Crippen molar-refractivity contribution < 1.29 is 5.11 Å². The van der Waals surface area contributed by atoms with Crippen LogP contribution in [0.4, 0.5) is 0 Å². The first-order valence-corrected chi connectivity index (χ1v) is 11.0. The molecule has 1 atom stereocenters. The molecular formula is C27H22N4O2. The second kappa shape index (κ2) is 7.74. The van der Waals surface area contributed by atoms with Crippen LogP contribution in [0.3, 0.4) is 0 Å². The number of pyridine rings is 1. The minimum absolute atomic E-state index is 0.00248. The molecule has 6 nitrogen and oxygen atoms in total. The SMILES string of the molecule is O=c1ccn2c(c1O)-c1ncc(C3=CCN=C3)n1C[C@@H]2C(c1ccccc1)c1ccccc1. The predicted molar refractivity (Wildman–Crippen MR) is 129 cm³/mol. The molecule has 0 radical (unpaired) electrons. The lowest BCUT2D eigenvalue weighted by molar-refractivity contribution is 0.363. The number of aliphatic imine (C=N–C) groups is 1. The lowest BCUT2D eigenvalue weighted by Gasteiger charge is -2.36. The van der Waals surface area contributed by atoms with Crippen LogP contribution in [0.5, 0.6) is 5.75 Å². The zero-order valence-corrected chi connectivity index (χ0v) is 17.9. The molecule has 2 aliphatic heterocycles. The smallest absolute Gasteiger partial charge is 0.223 e. The maximum Gasteiger partial charge on any atom is 0.223 e. The van der Waals surface area contributed by atoms with Gasteiger partial charge in [-0.1, -0.05) is 66.7 Å². The summed E-state index contributed by atoms with van der Waals surface area (Å²) < 4.78 is 4.13. The Labute approximate surface area is 190 Å². The van der Waals surface area contributed by atoms with E-state index >= 15 is 0 Å². The van der Waals surface area contributed by atoms with Gasteiger partial charge in [0.25, 0.3) is 0 Å². The van der Waals surface area contributed by atoms with Crippen LogP contribution < -0.4 is 5.43 Å². The van der Waals surface area contributed by atoms with Crippen LogP contribution >= 0.6 is 0 Å². The molecular weight excluding hydrogens is 412 g/mol. The van der Waals surface area contributed by atoms with Crippen LogP contribution in [-0.2, 0) is 6.54 Å². The van der Waals surface area contributed by atoms with Crippen molar-refractivity contribution in [3.63, 3.8) is 0 Å². The van der Waals surface area contributed by atoms with Crippen molar-refractivity contribution in [2.75, 3.05) is 6.54 Å². The van der Waals surface area contributed by atoms with Crippen LogP contribution in [-0.4, -0.2) is 32.0 Å². The highest BCUT2D eigenvalue weighted by molar-refractivity contribution is 6.11. The van der Waals surface area contributed by atoms with E-state index in [0.717, 1.165) is 11.3 Å². The largest absolute Gasteiger partial charge is 0.503 e. The number of rotatable bonds is 4. The number of imidazole rings is 1. The van der Waals surface area contributed by atoms with E-state index in [1.54, 1.807) is 6.20 Å². The Balaban J connectivity index is 1.60. The van der Waals surface area contributed by atoms with Crippen molar-refractivity contribution in [1.82, 2.24) is 14.1 Å². The van der Waals surface area contributed by atoms with Crippen molar-refractivity contribution in [3.05, 3.63) is 112 Å². The quantitative estimate of drug-likeness (QED) is 0.521. The highest BCUT2D eigenvalue weighted by Crippen LogP contribution is 2.44. The fourth-order valence-corrected chi connectivity index (χ4v) is 5.04. The molecule has 0 saturated carbocycles. The van der Waals surface area contributed by atoms with Gasteiger partial charge in [0, 0.05) is 36.5 Å². The van der Waals surface area contributed by atoms with E-state index in [9.17, 15) is 9.90 Å². The van der Waals surface area contributed by atoms with Gasteiger partial charge >= 0.3 is 0 Å². The number of aromatic nitrogens is 3. The average Bonchev–Trinajstić information content (AvgIpc) is 3.53. The molecule has 33 heavy (non-hydrogen) atoms. The Kier molecular flexibility index (Phi) is 4.57. The minimum Gasteiger partial charge on any atom is -0.503 e. The number of hydrogen-bond donors (Lipinski definition) is 1. The van der Waals surface area contributed by atoms with Gasteiger partial charge in [-0.25, -0.2) is 4.98 Å². The maximum absolute atomic E-state index is 12.4. The van der Waals surface area contributed by atoms with Gasteiger partial charge < -0.3 is 14.2 Å². The van der Waals surface area contributed by atoms with Gasteiger partial charge in [-0.3, -0.25) is 9.79 Å². The predicted octanol–water partition coefficient (Wildman–Crippen LogP) is 4.27.